The molecule has 0 saturated heterocycles. The van der Waals surface area contributed by atoms with Crippen LogP contribution in [0.1, 0.15) is 19.5 Å². The molecule has 16 heavy (non-hydrogen) atoms. The van der Waals surface area contributed by atoms with Crippen molar-refractivity contribution in [3.63, 3.8) is 0 Å². The van der Waals surface area contributed by atoms with E-state index in [0.717, 1.165) is 12.2 Å². The summed E-state index contributed by atoms with van der Waals surface area (Å²) < 4.78 is 2.03. The maximum atomic E-state index is 11.3. The van der Waals surface area contributed by atoms with Crippen LogP contribution in [0.2, 0.25) is 0 Å². The van der Waals surface area contributed by atoms with Crippen molar-refractivity contribution >= 4 is 12.0 Å². The Morgan fingerprint density at radius 3 is 2.81 bits per heavy atom. The standard InChI is InChI=1S/C12H19N3O/c1-10(2)7-15-8-11(13-9-15)5-6-12(16)14(3)4/h5-6,8-10H,7H2,1-4H3. The first-order valence-corrected chi connectivity index (χ1v) is 5.40. The molecule has 4 nitrogen and oxygen atoms in total. The summed E-state index contributed by atoms with van der Waals surface area (Å²) in [4.78, 5) is 17.0. The number of rotatable bonds is 4. The summed E-state index contributed by atoms with van der Waals surface area (Å²) in [5.41, 5.74) is 0.816. The van der Waals surface area contributed by atoms with Crippen molar-refractivity contribution in [3.05, 3.63) is 24.3 Å². The van der Waals surface area contributed by atoms with Gasteiger partial charge in [0.05, 0.1) is 12.0 Å². The molecular formula is C12H19N3O. The average Bonchev–Trinajstić information content (AvgIpc) is 2.60. The van der Waals surface area contributed by atoms with Crippen molar-refractivity contribution < 1.29 is 4.79 Å². The first-order chi connectivity index (χ1) is 7.49. The highest BCUT2D eigenvalue weighted by molar-refractivity contribution is 5.91. The van der Waals surface area contributed by atoms with Crippen LogP contribution in [0.4, 0.5) is 0 Å². The van der Waals surface area contributed by atoms with Crippen LogP contribution in [0.5, 0.6) is 0 Å². The smallest absolute Gasteiger partial charge is 0.246 e. The van der Waals surface area contributed by atoms with Gasteiger partial charge in [0.2, 0.25) is 5.91 Å². The number of carbonyl (C=O) groups excluding carboxylic acids is 1. The van der Waals surface area contributed by atoms with E-state index >= 15 is 0 Å². The quantitative estimate of drug-likeness (QED) is 0.725. The minimum Gasteiger partial charge on any atom is -0.345 e. The molecule has 1 amide bonds. The molecule has 0 aliphatic carbocycles. The van der Waals surface area contributed by atoms with Gasteiger partial charge in [-0.3, -0.25) is 4.79 Å². The molecule has 0 fully saturated rings. The molecule has 88 valence electrons. The van der Waals surface area contributed by atoms with E-state index in [1.54, 1.807) is 26.5 Å². The molecule has 0 saturated carbocycles. The highest BCUT2D eigenvalue weighted by atomic mass is 16.2. The fourth-order valence-corrected chi connectivity index (χ4v) is 1.29. The fraction of sp³-hybridized carbons (Fsp3) is 0.500. The van der Waals surface area contributed by atoms with Gasteiger partial charge in [0, 0.05) is 32.9 Å². The Labute approximate surface area is 96.6 Å². The maximum Gasteiger partial charge on any atom is 0.246 e. The molecular weight excluding hydrogens is 202 g/mol. The highest BCUT2D eigenvalue weighted by Crippen LogP contribution is 2.03. The average molecular weight is 221 g/mol. The molecule has 0 unspecified atom stereocenters. The van der Waals surface area contributed by atoms with Crippen molar-refractivity contribution in [1.29, 1.82) is 0 Å². The minimum atomic E-state index is -0.0293. The molecule has 0 bridgehead atoms. The summed E-state index contributed by atoms with van der Waals surface area (Å²) in [5.74, 6) is 0.563. The zero-order valence-electron chi connectivity index (χ0n) is 10.3. The predicted octanol–water partition coefficient (Wildman–Crippen LogP) is 1.64. The summed E-state index contributed by atoms with van der Waals surface area (Å²) in [5, 5.41) is 0. The van der Waals surface area contributed by atoms with Crippen molar-refractivity contribution in [3.8, 4) is 0 Å². The van der Waals surface area contributed by atoms with Gasteiger partial charge in [-0.25, -0.2) is 4.98 Å². The highest BCUT2D eigenvalue weighted by Gasteiger charge is 2.00. The Morgan fingerprint density at radius 2 is 2.25 bits per heavy atom. The van der Waals surface area contributed by atoms with Crippen LogP contribution in [0.3, 0.4) is 0 Å². The van der Waals surface area contributed by atoms with Gasteiger partial charge in [-0.15, -0.1) is 0 Å². The number of amides is 1. The molecule has 0 spiro atoms. The lowest BCUT2D eigenvalue weighted by Crippen LogP contribution is -2.18. The van der Waals surface area contributed by atoms with E-state index in [-0.39, 0.29) is 5.91 Å². The lowest BCUT2D eigenvalue weighted by atomic mass is 10.2. The second-order valence-corrected chi connectivity index (χ2v) is 4.46. The largest absolute Gasteiger partial charge is 0.345 e. The SMILES string of the molecule is CC(C)Cn1cnc(C=CC(=O)N(C)C)c1. The number of likely N-dealkylation sites (N-methyl/N-ethyl adjacent to an activating group) is 1. The van der Waals surface area contributed by atoms with Gasteiger partial charge in [-0.1, -0.05) is 13.8 Å². The first-order valence-electron chi connectivity index (χ1n) is 5.40. The van der Waals surface area contributed by atoms with Crippen molar-refractivity contribution in [2.45, 2.75) is 20.4 Å². The summed E-state index contributed by atoms with van der Waals surface area (Å²) in [7, 11) is 3.45. The van der Waals surface area contributed by atoms with Crippen molar-refractivity contribution in [2.24, 2.45) is 5.92 Å². The molecule has 0 radical (unpaired) electrons. The monoisotopic (exact) mass is 221 g/mol. The third kappa shape index (κ3) is 3.88. The van der Waals surface area contributed by atoms with Crippen LogP contribution < -0.4 is 0 Å². The molecule has 0 aliphatic heterocycles. The first kappa shape index (κ1) is 12.5. The van der Waals surface area contributed by atoms with E-state index in [4.69, 9.17) is 0 Å². The summed E-state index contributed by atoms with van der Waals surface area (Å²) in [6.07, 6.45) is 7.00. The topological polar surface area (TPSA) is 38.1 Å². The summed E-state index contributed by atoms with van der Waals surface area (Å²) in [6, 6.07) is 0. The van der Waals surface area contributed by atoms with E-state index in [9.17, 15) is 4.79 Å². The van der Waals surface area contributed by atoms with E-state index < -0.39 is 0 Å². The second kappa shape index (κ2) is 5.49. The molecule has 1 rings (SSSR count). The Kier molecular flexibility index (Phi) is 4.28. The Bertz CT molecular complexity index is 377. The third-order valence-electron chi connectivity index (χ3n) is 2.07. The Morgan fingerprint density at radius 1 is 1.56 bits per heavy atom. The number of carbonyl (C=O) groups is 1. The van der Waals surface area contributed by atoms with Gasteiger partial charge in [0.15, 0.2) is 0 Å². The number of hydrogen-bond acceptors (Lipinski definition) is 2. The molecule has 4 heteroatoms. The number of aromatic nitrogens is 2. The van der Waals surface area contributed by atoms with Crippen LogP contribution >= 0.6 is 0 Å². The molecule has 1 heterocycles. The molecule has 0 aliphatic rings. The molecule has 1 aromatic rings. The molecule has 0 atom stereocenters. The van der Waals surface area contributed by atoms with Crippen LogP contribution in [0.15, 0.2) is 18.6 Å². The molecule has 1 aromatic heterocycles. The lowest BCUT2D eigenvalue weighted by molar-refractivity contribution is -0.123. The van der Waals surface area contributed by atoms with Crippen LogP contribution in [-0.2, 0) is 11.3 Å². The van der Waals surface area contributed by atoms with Gasteiger partial charge in [-0.2, -0.15) is 0 Å². The van der Waals surface area contributed by atoms with E-state index in [2.05, 4.69) is 18.8 Å². The van der Waals surface area contributed by atoms with E-state index in [1.165, 1.54) is 11.0 Å². The van der Waals surface area contributed by atoms with E-state index in [0.29, 0.717) is 5.92 Å². The van der Waals surface area contributed by atoms with Crippen LogP contribution in [0.25, 0.3) is 6.08 Å². The van der Waals surface area contributed by atoms with Crippen molar-refractivity contribution in [2.75, 3.05) is 14.1 Å². The van der Waals surface area contributed by atoms with Gasteiger partial charge in [0.25, 0.3) is 0 Å². The van der Waals surface area contributed by atoms with Gasteiger partial charge >= 0.3 is 0 Å². The Hall–Kier alpha value is -1.58. The number of hydrogen-bond donors (Lipinski definition) is 0. The summed E-state index contributed by atoms with van der Waals surface area (Å²) in [6.45, 7) is 5.26. The molecule has 0 N–H and O–H groups in total. The van der Waals surface area contributed by atoms with Crippen LogP contribution in [-0.4, -0.2) is 34.5 Å². The molecule has 0 aromatic carbocycles. The summed E-state index contributed by atoms with van der Waals surface area (Å²) >= 11 is 0. The predicted molar refractivity (Wildman–Crippen MR) is 64.8 cm³/mol. The lowest BCUT2D eigenvalue weighted by Gasteiger charge is -2.04. The zero-order chi connectivity index (χ0) is 12.1. The van der Waals surface area contributed by atoms with Crippen molar-refractivity contribution in [1.82, 2.24) is 14.5 Å². The van der Waals surface area contributed by atoms with Gasteiger partial charge in [0.1, 0.15) is 0 Å². The second-order valence-electron chi connectivity index (χ2n) is 4.46. The van der Waals surface area contributed by atoms with Gasteiger partial charge in [-0.05, 0) is 12.0 Å². The van der Waals surface area contributed by atoms with Gasteiger partial charge < -0.3 is 9.47 Å². The Balaban J connectivity index is 2.61. The minimum absolute atomic E-state index is 0.0293. The zero-order valence-corrected chi connectivity index (χ0v) is 10.3. The number of imidazole rings is 1. The van der Waals surface area contributed by atoms with E-state index in [1.807, 2.05) is 10.8 Å². The third-order valence-corrected chi connectivity index (χ3v) is 2.07. The number of nitrogens with zero attached hydrogens (tertiary/aromatic N) is 3. The maximum absolute atomic E-state index is 11.3. The fourth-order valence-electron chi connectivity index (χ4n) is 1.29. The normalized spacial score (nSPS) is 11.3. The van der Waals surface area contributed by atoms with Crippen LogP contribution in [0, 0.1) is 5.92 Å².